The number of carbonyl (C=O) groups excluding carboxylic acids is 1. The van der Waals surface area contributed by atoms with Crippen LogP contribution in [0.2, 0.25) is 0 Å². The number of aryl methyl sites for hydroxylation is 1. The first-order valence-corrected chi connectivity index (χ1v) is 11.2. The van der Waals surface area contributed by atoms with E-state index in [1.54, 1.807) is 7.11 Å². The van der Waals surface area contributed by atoms with E-state index in [9.17, 15) is 9.90 Å². The molecule has 0 saturated carbocycles. The van der Waals surface area contributed by atoms with E-state index in [4.69, 9.17) is 17.0 Å². The molecule has 4 rings (SSSR count). The molecular formula is C24H29N3O3S. The Hall–Kier alpha value is -2.64. The highest BCUT2D eigenvalue weighted by atomic mass is 32.1. The first-order chi connectivity index (χ1) is 15.0. The molecule has 1 amide bonds. The number of carbonyl (C=O) groups is 1. The van der Waals surface area contributed by atoms with E-state index in [1.807, 2.05) is 35.2 Å². The topological polar surface area (TPSA) is 73.8 Å². The SMILES string of the molecule is COc1cc2c(cc1C(C)NC1CCCN(C(O)=S)C1c1ccccc1)NC(=O)CC2. The summed E-state index contributed by atoms with van der Waals surface area (Å²) in [6.07, 6.45) is 3.13. The molecular weight excluding hydrogens is 410 g/mol. The maximum absolute atomic E-state index is 11.9. The Morgan fingerprint density at radius 1 is 1.29 bits per heavy atom. The first kappa shape index (κ1) is 21.6. The predicted octanol–water partition coefficient (Wildman–Crippen LogP) is 4.28. The van der Waals surface area contributed by atoms with Gasteiger partial charge in [0, 0.05) is 36.3 Å². The Morgan fingerprint density at radius 2 is 2.06 bits per heavy atom. The zero-order valence-electron chi connectivity index (χ0n) is 17.9. The van der Waals surface area contributed by atoms with Gasteiger partial charge in [0.15, 0.2) is 0 Å². The summed E-state index contributed by atoms with van der Waals surface area (Å²) < 4.78 is 5.70. The summed E-state index contributed by atoms with van der Waals surface area (Å²) in [6.45, 7) is 2.84. The van der Waals surface area contributed by atoms with Crippen LogP contribution in [0.5, 0.6) is 5.75 Å². The van der Waals surface area contributed by atoms with Crippen LogP contribution in [-0.4, -0.2) is 40.8 Å². The number of hydrogen-bond acceptors (Lipinski definition) is 4. The van der Waals surface area contributed by atoms with Crippen LogP contribution in [0.25, 0.3) is 0 Å². The van der Waals surface area contributed by atoms with Gasteiger partial charge < -0.3 is 25.4 Å². The Bertz CT molecular complexity index is 966. The zero-order chi connectivity index (χ0) is 22.0. The fraction of sp³-hybridized carbons (Fsp3) is 0.417. The highest BCUT2D eigenvalue weighted by Gasteiger charge is 2.35. The van der Waals surface area contributed by atoms with Crippen molar-refractivity contribution in [3.63, 3.8) is 0 Å². The molecule has 7 heteroatoms. The number of thiocarbonyl (C=S) groups is 1. The van der Waals surface area contributed by atoms with E-state index in [1.165, 1.54) is 0 Å². The second kappa shape index (κ2) is 9.24. The van der Waals surface area contributed by atoms with Gasteiger partial charge in [0.1, 0.15) is 5.75 Å². The van der Waals surface area contributed by atoms with Crippen molar-refractivity contribution in [2.24, 2.45) is 0 Å². The molecule has 0 aliphatic carbocycles. The fourth-order valence-electron chi connectivity index (χ4n) is 4.80. The van der Waals surface area contributed by atoms with E-state index >= 15 is 0 Å². The van der Waals surface area contributed by atoms with Gasteiger partial charge in [-0.25, -0.2) is 0 Å². The number of rotatable bonds is 5. The second-order valence-electron chi connectivity index (χ2n) is 8.27. The highest BCUT2D eigenvalue weighted by molar-refractivity contribution is 7.79. The predicted molar refractivity (Wildman–Crippen MR) is 126 cm³/mol. The van der Waals surface area contributed by atoms with E-state index in [0.717, 1.165) is 53.9 Å². The zero-order valence-corrected chi connectivity index (χ0v) is 18.7. The number of methoxy groups -OCH3 is 1. The molecule has 31 heavy (non-hydrogen) atoms. The lowest BCUT2D eigenvalue weighted by Crippen LogP contribution is -2.50. The van der Waals surface area contributed by atoms with Crippen LogP contribution in [0.4, 0.5) is 5.69 Å². The summed E-state index contributed by atoms with van der Waals surface area (Å²) in [5.74, 6) is 0.865. The van der Waals surface area contributed by atoms with Crippen molar-refractivity contribution >= 4 is 29.0 Å². The molecule has 3 unspecified atom stereocenters. The number of aliphatic hydroxyl groups is 1. The fourth-order valence-corrected chi connectivity index (χ4v) is 5.00. The van der Waals surface area contributed by atoms with Crippen molar-refractivity contribution in [1.82, 2.24) is 10.2 Å². The molecule has 0 radical (unpaired) electrons. The van der Waals surface area contributed by atoms with Gasteiger partial charge in [-0.3, -0.25) is 4.79 Å². The van der Waals surface area contributed by atoms with E-state index in [-0.39, 0.29) is 29.2 Å². The average molecular weight is 440 g/mol. The van der Waals surface area contributed by atoms with Gasteiger partial charge in [0.2, 0.25) is 5.91 Å². The van der Waals surface area contributed by atoms with Crippen LogP contribution in [0.15, 0.2) is 42.5 Å². The lowest BCUT2D eigenvalue weighted by Gasteiger charge is -2.43. The third-order valence-electron chi connectivity index (χ3n) is 6.30. The minimum absolute atomic E-state index is 0.0255. The average Bonchev–Trinajstić information content (AvgIpc) is 2.78. The molecule has 0 spiro atoms. The molecule has 2 aliphatic heterocycles. The van der Waals surface area contributed by atoms with Crippen LogP contribution in [0.3, 0.4) is 0 Å². The number of likely N-dealkylation sites (tertiary alicyclic amines) is 1. The summed E-state index contributed by atoms with van der Waals surface area (Å²) in [7, 11) is 1.68. The lowest BCUT2D eigenvalue weighted by molar-refractivity contribution is -0.116. The summed E-state index contributed by atoms with van der Waals surface area (Å²) >= 11 is 5.16. The number of aliphatic hydroxyl groups excluding tert-OH is 1. The smallest absolute Gasteiger partial charge is 0.257 e. The number of benzene rings is 2. The van der Waals surface area contributed by atoms with Crippen molar-refractivity contribution in [1.29, 1.82) is 0 Å². The van der Waals surface area contributed by atoms with Gasteiger partial charge in [-0.1, -0.05) is 30.3 Å². The van der Waals surface area contributed by atoms with Gasteiger partial charge in [-0.15, -0.1) is 0 Å². The Kier molecular flexibility index (Phi) is 6.43. The van der Waals surface area contributed by atoms with E-state index in [2.05, 4.69) is 29.7 Å². The number of ether oxygens (including phenoxy) is 1. The van der Waals surface area contributed by atoms with Crippen LogP contribution >= 0.6 is 12.2 Å². The minimum Gasteiger partial charge on any atom is -0.496 e. The number of amides is 1. The highest BCUT2D eigenvalue weighted by Crippen LogP contribution is 2.37. The van der Waals surface area contributed by atoms with Crippen molar-refractivity contribution in [2.45, 2.75) is 50.7 Å². The maximum atomic E-state index is 11.9. The molecule has 1 saturated heterocycles. The molecule has 2 aromatic carbocycles. The largest absolute Gasteiger partial charge is 0.496 e. The van der Waals surface area contributed by atoms with Gasteiger partial charge in [-0.2, -0.15) is 0 Å². The third-order valence-corrected chi connectivity index (χ3v) is 6.53. The maximum Gasteiger partial charge on any atom is 0.257 e. The number of fused-ring (bicyclic) bond motifs is 1. The number of nitrogens with one attached hydrogen (secondary N) is 2. The van der Waals surface area contributed by atoms with Crippen LogP contribution in [0, 0.1) is 0 Å². The van der Waals surface area contributed by atoms with Gasteiger partial charge >= 0.3 is 0 Å². The van der Waals surface area contributed by atoms with Crippen molar-refractivity contribution in [2.75, 3.05) is 19.0 Å². The lowest BCUT2D eigenvalue weighted by atomic mass is 9.89. The molecule has 2 aliphatic rings. The van der Waals surface area contributed by atoms with Crippen LogP contribution in [0.1, 0.15) is 55.0 Å². The molecule has 3 atom stereocenters. The minimum atomic E-state index is -0.0675. The van der Waals surface area contributed by atoms with Crippen LogP contribution < -0.4 is 15.4 Å². The Morgan fingerprint density at radius 3 is 2.77 bits per heavy atom. The van der Waals surface area contributed by atoms with Crippen molar-refractivity contribution in [3.8, 4) is 5.75 Å². The van der Waals surface area contributed by atoms with E-state index < -0.39 is 0 Å². The Labute approximate surface area is 188 Å². The summed E-state index contributed by atoms with van der Waals surface area (Å²) in [4.78, 5) is 13.8. The van der Waals surface area contributed by atoms with Crippen molar-refractivity contribution in [3.05, 3.63) is 59.2 Å². The Balaban J connectivity index is 1.63. The summed E-state index contributed by atoms with van der Waals surface area (Å²) in [6, 6.07) is 14.2. The van der Waals surface area contributed by atoms with Gasteiger partial charge in [-0.05, 0) is 61.7 Å². The molecule has 3 N–H and O–H groups in total. The normalized spacial score (nSPS) is 21.7. The molecule has 0 bridgehead atoms. The van der Waals surface area contributed by atoms with Crippen LogP contribution in [-0.2, 0) is 11.2 Å². The molecule has 2 aromatic rings. The molecule has 2 heterocycles. The monoisotopic (exact) mass is 439 g/mol. The number of nitrogens with zero attached hydrogens (tertiary/aromatic N) is 1. The summed E-state index contributed by atoms with van der Waals surface area (Å²) in [5.41, 5.74) is 4.08. The molecule has 6 nitrogen and oxygen atoms in total. The first-order valence-electron chi connectivity index (χ1n) is 10.8. The van der Waals surface area contributed by atoms with Gasteiger partial charge in [0.05, 0.1) is 13.2 Å². The third kappa shape index (κ3) is 4.52. The number of anilines is 1. The van der Waals surface area contributed by atoms with Crippen molar-refractivity contribution < 1.29 is 14.6 Å². The number of hydrogen-bond donors (Lipinski definition) is 3. The van der Waals surface area contributed by atoms with Gasteiger partial charge in [0.25, 0.3) is 5.17 Å². The second-order valence-corrected chi connectivity index (χ2v) is 8.63. The quantitative estimate of drug-likeness (QED) is 0.604. The molecule has 0 aromatic heterocycles. The molecule has 1 fully saturated rings. The van der Waals surface area contributed by atoms with E-state index in [0.29, 0.717) is 6.42 Å². The number of piperidine rings is 1. The summed E-state index contributed by atoms with van der Waals surface area (Å²) in [5, 5.41) is 16.9. The standard InChI is InChI=1S/C24H29N3O3S/c1-15(18-14-20-17(13-21(18)30-2)10-11-22(28)26-20)25-19-9-6-12-27(24(29)31)23(19)16-7-4-3-5-8-16/h3-5,7-8,13-15,19,23,25H,6,9-12H2,1-2H3,(H,26,28)(H,29,31). The molecule has 164 valence electrons.